The van der Waals surface area contributed by atoms with Gasteiger partial charge >= 0.3 is 0 Å². The van der Waals surface area contributed by atoms with E-state index in [0.717, 1.165) is 24.2 Å². The molecule has 1 heterocycles. The Morgan fingerprint density at radius 1 is 1.37 bits per heavy atom. The molecule has 19 heavy (non-hydrogen) atoms. The Kier molecular flexibility index (Phi) is 7.10. The summed E-state index contributed by atoms with van der Waals surface area (Å²) in [6, 6.07) is 1.37. The first-order valence-corrected chi connectivity index (χ1v) is 9.87. The van der Waals surface area contributed by atoms with Gasteiger partial charge in [0, 0.05) is 11.4 Å². The maximum atomic E-state index is 12.1. The smallest absolute Gasteiger partial charge is 0.210 e. The van der Waals surface area contributed by atoms with Crippen molar-refractivity contribution in [2.75, 3.05) is 6.54 Å². The molecule has 0 aromatic carbocycles. The van der Waals surface area contributed by atoms with Gasteiger partial charge in [0.1, 0.15) is 9.23 Å². The van der Waals surface area contributed by atoms with Crippen molar-refractivity contribution >= 4 is 60.5 Å². The molecule has 0 spiro atoms. The second-order valence-corrected chi connectivity index (χ2v) is 9.33. The molecule has 8 heteroatoms. The average molecular weight is 409 g/mol. The summed E-state index contributed by atoms with van der Waals surface area (Å²) in [5.41, 5.74) is 0. The van der Waals surface area contributed by atoms with Crippen LogP contribution in [-0.4, -0.2) is 19.8 Å². The predicted molar refractivity (Wildman–Crippen MR) is 86.3 cm³/mol. The van der Waals surface area contributed by atoms with Gasteiger partial charge in [-0.1, -0.05) is 65.8 Å². The molecule has 0 aliphatic carbocycles. The summed E-state index contributed by atoms with van der Waals surface area (Å²) in [5, 5.41) is 0. The normalized spacial score (nSPS) is 14.0. The van der Waals surface area contributed by atoms with Crippen LogP contribution in [0.5, 0.6) is 0 Å². The Morgan fingerprint density at radius 2 is 1.95 bits per heavy atom. The third-order valence-electron chi connectivity index (χ3n) is 2.94. The summed E-state index contributed by atoms with van der Waals surface area (Å²) in [7, 11) is -3.60. The molecular formula is C11H16BrCl2NO2S2. The van der Waals surface area contributed by atoms with E-state index in [2.05, 4.69) is 34.5 Å². The van der Waals surface area contributed by atoms with Crippen molar-refractivity contribution in [3.63, 3.8) is 0 Å². The Morgan fingerprint density at radius 3 is 2.37 bits per heavy atom. The van der Waals surface area contributed by atoms with Crippen molar-refractivity contribution in [1.82, 2.24) is 4.72 Å². The molecule has 0 aliphatic heterocycles. The van der Waals surface area contributed by atoms with E-state index in [4.69, 9.17) is 23.2 Å². The van der Waals surface area contributed by atoms with Crippen LogP contribution in [-0.2, 0) is 10.0 Å². The topological polar surface area (TPSA) is 46.2 Å². The number of hydrogen-bond donors (Lipinski definition) is 1. The van der Waals surface area contributed by atoms with Crippen molar-refractivity contribution in [2.24, 2.45) is 5.92 Å². The summed E-state index contributed by atoms with van der Waals surface area (Å²) in [4.78, 5) is 0.151. The number of sulfonamides is 1. The summed E-state index contributed by atoms with van der Waals surface area (Å²) >= 11 is 16.2. The van der Waals surface area contributed by atoms with E-state index in [1.54, 1.807) is 0 Å². The number of rotatable bonds is 7. The van der Waals surface area contributed by atoms with Gasteiger partial charge in [-0.3, -0.25) is 0 Å². The van der Waals surface area contributed by atoms with Gasteiger partial charge in [0.15, 0.2) is 0 Å². The molecule has 0 fully saturated rings. The Bertz CT molecular complexity index is 515. The maximum Gasteiger partial charge on any atom is 0.242 e. The van der Waals surface area contributed by atoms with Crippen LogP contribution in [0.1, 0.15) is 26.7 Å². The lowest BCUT2D eigenvalue weighted by Crippen LogP contribution is -2.32. The highest BCUT2D eigenvalue weighted by atomic mass is 79.9. The minimum Gasteiger partial charge on any atom is -0.210 e. The largest absolute Gasteiger partial charge is 0.242 e. The van der Waals surface area contributed by atoms with Crippen LogP contribution in [0.25, 0.3) is 0 Å². The minimum atomic E-state index is -3.60. The molecule has 0 saturated heterocycles. The third kappa shape index (κ3) is 4.86. The standard InChI is InChI=1S/C11H16BrCl2NO2S2/c1-3-7(4-2)8(12)6-15-19(16,17)9-5-10(13)18-11(9)14/h5,7-8,15H,3-4,6H2,1-2H3. The maximum absolute atomic E-state index is 12.1. The van der Waals surface area contributed by atoms with Crippen molar-refractivity contribution in [3.8, 4) is 0 Å². The molecule has 0 radical (unpaired) electrons. The van der Waals surface area contributed by atoms with Crippen molar-refractivity contribution in [2.45, 2.75) is 36.4 Å². The highest BCUT2D eigenvalue weighted by Crippen LogP contribution is 2.34. The number of halogens is 3. The summed E-state index contributed by atoms with van der Waals surface area (Å²) in [5.74, 6) is 0.434. The third-order valence-corrected chi connectivity index (χ3v) is 7.19. The lowest BCUT2D eigenvalue weighted by atomic mass is 10.00. The molecule has 1 aromatic rings. The van der Waals surface area contributed by atoms with Crippen LogP contribution in [0.15, 0.2) is 11.0 Å². The molecule has 1 rings (SSSR count). The zero-order chi connectivity index (χ0) is 14.6. The first-order chi connectivity index (χ1) is 8.81. The Hall–Kier alpha value is 0.670. The van der Waals surface area contributed by atoms with E-state index >= 15 is 0 Å². The quantitative estimate of drug-likeness (QED) is 0.673. The fraction of sp³-hybridized carbons (Fsp3) is 0.636. The average Bonchev–Trinajstić information content (AvgIpc) is 2.68. The zero-order valence-corrected chi connectivity index (χ0v) is 15.4. The molecule has 1 aromatic heterocycles. The van der Waals surface area contributed by atoms with E-state index in [-0.39, 0.29) is 14.1 Å². The SMILES string of the molecule is CCC(CC)C(Br)CNS(=O)(=O)c1cc(Cl)sc1Cl. The van der Waals surface area contributed by atoms with E-state index < -0.39 is 10.0 Å². The van der Waals surface area contributed by atoms with Crippen LogP contribution < -0.4 is 4.72 Å². The van der Waals surface area contributed by atoms with Crippen LogP contribution in [0.3, 0.4) is 0 Å². The Labute approximate surface area is 136 Å². The summed E-state index contributed by atoms with van der Waals surface area (Å²) in [6.07, 6.45) is 2.00. The van der Waals surface area contributed by atoms with Gasteiger partial charge < -0.3 is 0 Å². The van der Waals surface area contributed by atoms with E-state index in [1.165, 1.54) is 6.07 Å². The fourth-order valence-electron chi connectivity index (χ4n) is 1.74. The number of thiophene rings is 1. The number of nitrogens with one attached hydrogen (secondary N) is 1. The summed E-state index contributed by atoms with van der Waals surface area (Å²) < 4.78 is 27.3. The molecule has 0 saturated carbocycles. The molecule has 0 bridgehead atoms. The molecule has 110 valence electrons. The van der Waals surface area contributed by atoms with Crippen molar-refractivity contribution in [1.29, 1.82) is 0 Å². The molecule has 3 nitrogen and oxygen atoms in total. The first-order valence-electron chi connectivity index (χ1n) is 5.90. The van der Waals surface area contributed by atoms with Gasteiger partial charge in [0.25, 0.3) is 0 Å². The van der Waals surface area contributed by atoms with E-state index in [9.17, 15) is 8.42 Å². The predicted octanol–water partition coefficient (Wildman–Crippen LogP) is 4.53. The highest BCUT2D eigenvalue weighted by Gasteiger charge is 2.23. The van der Waals surface area contributed by atoms with Crippen LogP contribution in [0.4, 0.5) is 0 Å². The molecule has 1 unspecified atom stereocenters. The monoisotopic (exact) mass is 407 g/mol. The number of alkyl halides is 1. The summed E-state index contributed by atoms with van der Waals surface area (Å²) in [6.45, 7) is 4.51. The van der Waals surface area contributed by atoms with Gasteiger partial charge in [-0.15, -0.1) is 11.3 Å². The Balaban J connectivity index is 2.74. The van der Waals surface area contributed by atoms with Crippen molar-refractivity contribution < 1.29 is 8.42 Å². The van der Waals surface area contributed by atoms with Crippen LogP contribution in [0.2, 0.25) is 8.67 Å². The molecular weight excluding hydrogens is 393 g/mol. The van der Waals surface area contributed by atoms with Crippen molar-refractivity contribution in [3.05, 3.63) is 14.7 Å². The van der Waals surface area contributed by atoms with Gasteiger partial charge in [0.2, 0.25) is 10.0 Å². The van der Waals surface area contributed by atoms with Gasteiger partial charge in [-0.05, 0) is 12.0 Å². The second-order valence-electron chi connectivity index (χ2n) is 4.13. The number of hydrogen-bond acceptors (Lipinski definition) is 3. The highest BCUT2D eigenvalue weighted by molar-refractivity contribution is 9.09. The molecule has 0 amide bonds. The zero-order valence-electron chi connectivity index (χ0n) is 10.6. The minimum absolute atomic E-state index is 0.0495. The van der Waals surface area contributed by atoms with Gasteiger partial charge in [0.05, 0.1) is 4.34 Å². The lowest BCUT2D eigenvalue weighted by molar-refractivity contribution is 0.471. The van der Waals surface area contributed by atoms with Gasteiger partial charge in [-0.25, -0.2) is 13.1 Å². The van der Waals surface area contributed by atoms with E-state index in [1.807, 2.05) is 0 Å². The molecule has 1 N–H and O–H groups in total. The molecule has 1 atom stereocenters. The lowest BCUT2D eigenvalue weighted by Gasteiger charge is -2.19. The van der Waals surface area contributed by atoms with Crippen LogP contribution in [0, 0.1) is 5.92 Å². The fourth-order valence-corrected chi connectivity index (χ4v) is 6.07. The first kappa shape index (κ1) is 17.7. The second kappa shape index (κ2) is 7.61. The van der Waals surface area contributed by atoms with Gasteiger partial charge in [-0.2, -0.15) is 0 Å². The van der Waals surface area contributed by atoms with E-state index in [0.29, 0.717) is 16.8 Å². The van der Waals surface area contributed by atoms with Crippen LogP contribution >= 0.6 is 50.5 Å². The molecule has 0 aliphatic rings.